The Morgan fingerprint density at radius 2 is 1.25 bits per heavy atom. The third-order valence-corrected chi connectivity index (χ3v) is 5.38. The molecular formula is C26H20BrN. The number of aromatic nitrogens is 1. The molecule has 0 amide bonds. The van der Waals surface area contributed by atoms with E-state index in [-0.39, 0.29) is 5.92 Å². The molecule has 3 aromatic carbocycles. The van der Waals surface area contributed by atoms with Gasteiger partial charge in [0.25, 0.3) is 0 Å². The summed E-state index contributed by atoms with van der Waals surface area (Å²) in [5.74, 6) is 0.203. The average Bonchev–Trinajstić information content (AvgIpc) is 2.75. The van der Waals surface area contributed by atoms with Crippen LogP contribution in [-0.2, 0) is 0 Å². The maximum Gasteiger partial charge on any atom is 0.0713 e. The van der Waals surface area contributed by atoms with Gasteiger partial charge in [-0.3, -0.25) is 4.98 Å². The summed E-state index contributed by atoms with van der Waals surface area (Å²) in [6.45, 7) is 4.24. The summed E-state index contributed by atoms with van der Waals surface area (Å²) in [5, 5.41) is 0. The SMILES string of the molecule is C=C(c1ccc(C(c2ccccc2)c2ccccc2)cc1)c1cc(Br)ccn1. The summed E-state index contributed by atoms with van der Waals surface area (Å²) in [5.41, 5.74) is 6.71. The third kappa shape index (κ3) is 3.97. The Labute approximate surface area is 174 Å². The Morgan fingerprint density at radius 3 is 1.79 bits per heavy atom. The van der Waals surface area contributed by atoms with E-state index >= 15 is 0 Å². The van der Waals surface area contributed by atoms with Gasteiger partial charge in [0.05, 0.1) is 5.69 Å². The van der Waals surface area contributed by atoms with Gasteiger partial charge >= 0.3 is 0 Å². The topological polar surface area (TPSA) is 12.9 Å². The first-order valence-corrected chi connectivity index (χ1v) is 10.0. The van der Waals surface area contributed by atoms with Crippen LogP contribution < -0.4 is 0 Å². The van der Waals surface area contributed by atoms with Crippen LogP contribution in [0.3, 0.4) is 0 Å². The highest BCUT2D eigenvalue weighted by Crippen LogP contribution is 2.33. The lowest BCUT2D eigenvalue weighted by molar-refractivity contribution is 0.977. The molecule has 1 heterocycles. The minimum absolute atomic E-state index is 0.203. The van der Waals surface area contributed by atoms with Gasteiger partial charge in [0.15, 0.2) is 0 Å². The first-order chi connectivity index (χ1) is 13.7. The third-order valence-electron chi connectivity index (χ3n) is 4.89. The Kier molecular flexibility index (Phi) is 5.50. The Morgan fingerprint density at radius 1 is 0.714 bits per heavy atom. The van der Waals surface area contributed by atoms with Crippen LogP contribution in [0.25, 0.3) is 5.57 Å². The number of hydrogen-bond acceptors (Lipinski definition) is 1. The second-order valence-corrected chi connectivity index (χ2v) is 7.63. The Hall–Kier alpha value is -2.97. The number of hydrogen-bond donors (Lipinski definition) is 0. The molecule has 1 nitrogen and oxygen atoms in total. The highest BCUT2D eigenvalue weighted by atomic mass is 79.9. The minimum atomic E-state index is 0.203. The van der Waals surface area contributed by atoms with Crippen LogP contribution in [0, 0.1) is 0 Å². The molecule has 0 aliphatic carbocycles. The number of halogens is 1. The summed E-state index contributed by atoms with van der Waals surface area (Å²) in [6.07, 6.45) is 1.79. The van der Waals surface area contributed by atoms with E-state index in [0.717, 1.165) is 21.3 Å². The van der Waals surface area contributed by atoms with E-state index < -0.39 is 0 Å². The van der Waals surface area contributed by atoms with E-state index in [1.165, 1.54) is 16.7 Å². The van der Waals surface area contributed by atoms with Gasteiger partial charge in [0.2, 0.25) is 0 Å². The Balaban J connectivity index is 1.70. The molecule has 0 aliphatic rings. The number of pyridine rings is 1. The highest BCUT2D eigenvalue weighted by Gasteiger charge is 2.16. The predicted octanol–water partition coefficient (Wildman–Crippen LogP) is 7.09. The molecule has 0 N–H and O–H groups in total. The van der Waals surface area contributed by atoms with Crippen LogP contribution in [0.15, 0.2) is 114 Å². The van der Waals surface area contributed by atoms with Gasteiger partial charge < -0.3 is 0 Å². The quantitative estimate of drug-likeness (QED) is 0.311. The molecule has 4 rings (SSSR count). The van der Waals surface area contributed by atoms with Crippen molar-refractivity contribution in [3.8, 4) is 0 Å². The molecule has 0 aliphatic heterocycles. The fourth-order valence-corrected chi connectivity index (χ4v) is 3.80. The van der Waals surface area contributed by atoms with E-state index in [0.29, 0.717) is 0 Å². The van der Waals surface area contributed by atoms with Crippen LogP contribution in [0.4, 0.5) is 0 Å². The number of nitrogens with zero attached hydrogens (tertiary/aromatic N) is 1. The molecule has 2 heteroatoms. The van der Waals surface area contributed by atoms with Crippen LogP contribution in [0.5, 0.6) is 0 Å². The molecule has 0 bridgehead atoms. The summed E-state index contributed by atoms with van der Waals surface area (Å²) in [4.78, 5) is 4.44. The fraction of sp³-hybridized carbons (Fsp3) is 0.0385. The fourth-order valence-electron chi connectivity index (χ4n) is 3.46. The van der Waals surface area contributed by atoms with E-state index in [2.05, 4.69) is 112 Å². The van der Waals surface area contributed by atoms with Crippen LogP contribution in [-0.4, -0.2) is 4.98 Å². The normalized spacial score (nSPS) is 10.8. The van der Waals surface area contributed by atoms with Crippen molar-refractivity contribution in [2.24, 2.45) is 0 Å². The van der Waals surface area contributed by atoms with Crippen molar-refractivity contribution < 1.29 is 0 Å². The summed E-state index contributed by atoms with van der Waals surface area (Å²) in [6, 6.07) is 33.9. The largest absolute Gasteiger partial charge is 0.256 e. The number of rotatable bonds is 5. The summed E-state index contributed by atoms with van der Waals surface area (Å²) in [7, 11) is 0. The molecule has 0 fully saturated rings. The average molecular weight is 426 g/mol. The van der Waals surface area contributed by atoms with Gasteiger partial charge in [0, 0.05) is 22.2 Å². The van der Waals surface area contributed by atoms with Crippen LogP contribution in [0.1, 0.15) is 33.9 Å². The van der Waals surface area contributed by atoms with Crippen molar-refractivity contribution in [2.75, 3.05) is 0 Å². The van der Waals surface area contributed by atoms with Crippen LogP contribution >= 0.6 is 15.9 Å². The van der Waals surface area contributed by atoms with Crippen molar-refractivity contribution in [3.63, 3.8) is 0 Å². The second-order valence-electron chi connectivity index (χ2n) is 6.71. The zero-order chi connectivity index (χ0) is 19.3. The molecule has 28 heavy (non-hydrogen) atoms. The van der Waals surface area contributed by atoms with E-state index in [1.807, 2.05) is 12.1 Å². The van der Waals surface area contributed by atoms with Crippen molar-refractivity contribution in [1.29, 1.82) is 0 Å². The lowest BCUT2D eigenvalue weighted by Gasteiger charge is -2.19. The Bertz CT molecular complexity index is 1030. The summed E-state index contributed by atoms with van der Waals surface area (Å²) < 4.78 is 1.00. The zero-order valence-electron chi connectivity index (χ0n) is 15.4. The van der Waals surface area contributed by atoms with Gasteiger partial charge in [-0.1, -0.05) is 107 Å². The number of benzene rings is 3. The molecule has 0 atom stereocenters. The van der Waals surface area contributed by atoms with Gasteiger partial charge in [0.1, 0.15) is 0 Å². The van der Waals surface area contributed by atoms with Gasteiger partial charge in [-0.15, -0.1) is 0 Å². The maximum atomic E-state index is 4.44. The predicted molar refractivity (Wildman–Crippen MR) is 120 cm³/mol. The molecular weight excluding hydrogens is 406 g/mol. The first kappa shape index (κ1) is 18.4. The van der Waals surface area contributed by atoms with E-state index in [1.54, 1.807) is 6.20 Å². The molecule has 0 spiro atoms. The van der Waals surface area contributed by atoms with Crippen molar-refractivity contribution in [3.05, 3.63) is 142 Å². The summed E-state index contributed by atoms with van der Waals surface area (Å²) >= 11 is 3.50. The van der Waals surface area contributed by atoms with Crippen LogP contribution in [0.2, 0.25) is 0 Å². The van der Waals surface area contributed by atoms with Crippen molar-refractivity contribution >= 4 is 21.5 Å². The molecule has 0 unspecified atom stereocenters. The maximum absolute atomic E-state index is 4.44. The first-order valence-electron chi connectivity index (χ1n) is 9.23. The minimum Gasteiger partial charge on any atom is -0.256 e. The molecule has 0 saturated heterocycles. The molecule has 0 saturated carbocycles. The van der Waals surface area contributed by atoms with Gasteiger partial charge in [-0.25, -0.2) is 0 Å². The van der Waals surface area contributed by atoms with Crippen molar-refractivity contribution in [2.45, 2.75) is 5.92 Å². The van der Waals surface area contributed by atoms with Crippen molar-refractivity contribution in [1.82, 2.24) is 4.98 Å². The standard InChI is InChI=1S/C26H20BrN/c1-19(25-18-24(27)16-17-28-25)20-12-14-23(15-13-20)26(21-8-4-2-5-9-21)22-10-6-3-7-11-22/h2-18,26H,1H2. The lowest BCUT2D eigenvalue weighted by Crippen LogP contribution is -2.03. The highest BCUT2D eigenvalue weighted by molar-refractivity contribution is 9.10. The smallest absolute Gasteiger partial charge is 0.0713 e. The van der Waals surface area contributed by atoms with Gasteiger partial charge in [-0.05, 0) is 34.4 Å². The molecule has 4 aromatic rings. The van der Waals surface area contributed by atoms with E-state index in [4.69, 9.17) is 0 Å². The molecule has 136 valence electrons. The molecule has 0 radical (unpaired) electrons. The monoisotopic (exact) mass is 425 g/mol. The second kappa shape index (κ2) is 8.37. The van der Waals surface area contributed by atoms with Gasteiger partial charge in [-0.2, -0.15) is 0 Å². The van der Waals surface area contributed by atoms with E-state index in [9.17, 15) is 0 Å². The lowest BCUT2D eigenvalue weighted by atomic mass is 9.84. The zero-order valence-corrected chi connectivity index (χ0v) is 17.0. The molecule has 1 aromatic heterocycles.